The minimum atomic E-state index is -0.722. The molecule has 2 aromatic heterocycles. The number of ether oxygens (including phenoxy) is 1. The number of hydrogen-bond acceptors (Lipinski definition) is 3. The lowest BCUT2D eigenvalue weighted by Gasteiger charge is -2.27. The second kappa shape index (κ2) is 7.94. The predicted octanol–water partition coefficient (Wildman–Crippen LogP) is 5.90. The van der Waals surface area contributed by atoms with Crippen molar-refractivity contribution >= 4 is 27.8 Å². The highest BCUT2D eigenvalue weighted by Gasteiger charge is 2.44. The fraction of sp³-hybridized carbons (Fsp3) is 0.407. The van der Waals surface area contributed by atoms with Crippen LogP contribution in [0.5, 0.6) is 0 Å². The van der Waals surface area contributed by atoms with Gasteiger partial charge in [0, 0.05) is 41.3 Å². The van der Waals surface area contributed by atoms with Crippen LogP contribution < -0.4 is 0 Å². The maximum atomic E-state index is 13.9. The molecule has 0 unspecified atom stereocenters. The van der Waals surface area contributed by atoms with Gasteiger partial charge in [-0.2, -0.15) is 5.10 Å². The molecule has 2 aliphatic rings. The minimum absolute atomic E-state index is 0.142. The molecule has 1 saturated heterocycles. The third kappa shape index (κ3) is 3.33. The number of carbonyl (C=O) groups is 1. The average molecular weight is 462 g/mol. The van der Waals surface area contributed by atoms with Gasteiger partial charge in [0.15, 0.2) is 0 Å². The first kappa shape index (κ1) is 21.4. The van der Waals surface area contributed by atoms with Crippen molar-refractivity contribution in [1.82, 2.24) is 14.8 Å². The van der Waals surface area contributed by atoms with E-state index in [4.69, 9.17) is 4.74 Å². The van der Waals surface area contributed by atoms with E-state index in [0.717, 1.165) is 46.8 Å². The average Bonchev–Trinajstić information content (AvgIpc) is 3.54. The molecule has 1 aliphatic carbocycles. The van der Waals surface area contributed by atoms with E-state index in [9.17, 15) is 14.3 Å². The quantitative estimate of drug-likeness (QED) is 0.397. The molecule has 6 nitrogen and oxygen atoms in total. The van der Waals surface area contributed by atoms with E-state index < -0.39 is 11.4 Å². The van der Waals surface area contributed by atoms with Crippen LogP contribution in [0.4, 0.5) is 4.39 Å². The Kier molecular flexibility index (Phi) is 4.99. The number of fused-ring (bicyclic) bond motifs is 2. The molecule has 0 spiro atoms. The lowest BCUT2D eigenvalue weighted by Crippen LogP contribution is -2.24. The van der Waals surface area contributed by atoms with Gasteiger partial charge in [-0.15, -0.1) is 0 Å². The van der Waals surface area contributed by atoms with E-state index in [1.807, 2.05) is 25.3 Å². The Bertz CT molecular complexity index is 1380. The monoisotopic (exact) mass is 461 g/mol. The van der Waals surface area contributed by atoms with Gasteiger partial charge in [0.2, 0.25) is 0 Å². The Morgan fingerprint density at radius 1 is 1.18 bits per heavy atom. The summed E-state index contributed by atoms with van der Waals surface area (Å²) in [6.45, 7) is 3.28. The summed E-state index contributed by atoms with van der Waals surface area (Å²) in [5.41, 5.74) is 4.68. The SMILES string of the molecule is C[C@@]1(C(=O)O)CC[C@@H](c2c(C3CCOCC3)n(-c3ccc(F)cc3)c3cc4cn[nH]c4cc23)C1. The molecule has 0 radical (unpaired) electrons. The Morgan fingerprint density at radius 2 is 1.94 bits per heavy atom. The van der Waals surface area contributed by atoms with Crippen LogP contribution in [0.25, 0.3) is 27.5 Å². The number of carboxylic acids is 1. The zero-order valence-electron chi connectivity index (χ0n) is 19.2. The minimum Gasteiger partial charge on any atom is -0.481 e. The van der Waals surface area contributed by atoms with Gasteiger partial charge in [-0.05, 0) is 86.9 Å². The Morgan fingerprint density at radius 3 is 2.65 bits per heavy atom. The zero-order chi connectivity index (χ0) is 23.4. The van der Waals surface area contributed by atoms with Crippen LogP contribution in [0.15, 0.2) is 42.6 Å². The van der Waals surface area contributed by atoms with Crippen molar-refractivity contribution in [3.05, 3.63) is 59.7 Å². The number of aromatic nitrogens is 3. The highest BCUT2D eigenvalue weighted by Crippen LogP contribution is 2.52. The lowest BCUT2D eigenvalue weighted by atomic mass is 9.83. The molecule has 2 N–H and O–H groups in total. The van der Waals surface area contributed by atoms with Gasteiger partial charge in [0.05, 0.1) is 22.6 Å². The highest BCUT2D eigenvalue weighted by molar-refractivity contribution is 5.99. The van der Waals surface area contributed by atoms with Crippen LogP contribution in [0.1, 0.15) is 62.1 Å². The van der Waals surface area contributed by atoms with Crippen LogP contribution in [-0.2, 0) is 9.53 Å². The van der Waals surface area contributed by atoms with Crippen molar-refractivity contribution in [2.45, 2.75) is 50.9 Å². The summed E-state index contributed by atoms with van der Waals surface area (Å²) in [4.78, 5) is 12.1. The number of aromatic amines is 1. The van der Waals surface area contributed by atoms with Gasteiger partial charge in [0.25, 0.3) is 0 Å². The van der Waals surface area contributed by atoms with Gasteiger partial charge >= 0.3 is 5.97 Å². The number of hydrogen-bond donors (Lipinski definition) is 2. The molecule has 2 atom stereocenters. The topological polar surface area (TPSA) is 80.1 Å². The summed E-state index contributed by atoms with van der Waals surface area (Å²) in [6, 6.07) is 11.0. The van der Waals surface area contributed by atoms with Crippen LogP contribution >= 0.6 is 0 Å². The number of halogens is 1. The first-order chi connectivity index (χ1) is 16.4. The van der Waals surface area contributed by atoms with E-state index in [2.05, 4.69) is 26.9 Å². The first-order valence-electron chi connectivity index (χ1n) is 12.0. The van der Waals surface area contributed by atoms with Crippen molar-refractivity contribution in [1.29, 1.82) is 0 Å². The number of rotatable bonds is 4. The molecule has 1 saturated carbocycles. The summed E-state index contributed by atoms with van der Waals surface area (Å²) in [7, 11) is 0. The number of H-pyrrole nitrogens is 1. The van der Waals surface area contributed by atoms with Crippen LogP contribution in [-0.4, -0.2) is 39.1 Å². The molecule has 3 heterocycles. The fourth-order valence-corrected chi connectivity index (χ4v) is 6.12. The Balaban J connectivity index is 1.65. The summed E-state index contributed by atoms with van der Waals surface area (Å²) in [5.74, 6) is -0.558. The molecule has 176 valence electrons. The summed E-state index contributed by atoms with van der Waals surface area (Å²) >= 11 is 0. The summed E-state index contributed by atoms with van der Waals surface area (Å²) in [6.07, 6.45) is 5.75. The number of carboxylic acid groups (broad SMARTS) is 1. The van der Waals surface area contributed by atoms with Crippen LogP contribution in [0, 0.1) is 11.2 Å². The molecule has 1 aliphatic heterocycles. The van der Waals surface area contributed by atoms with E-state index >= 15 is 0 Å². The van der Waals surface area contributed by atoms with Crippen molar-refractivity contribution in [3.8, 4) is 5.69 Å². The first-order valence-corrected chi connectivity index (χ1v) is 12.0. The maximum absolute atomic E-state index is 13.9. The number of aliphatic carboxylic acids is 1. The van der Waals surface area contributed by atoms with Crippen molar-refractivity contribution in [2.24, 2.45) is 5.41 Å². The molecular formula is C27H28FN3O3. The molecule has 0 amide bonds. The van der Waals surface area contributed by atoms with E-state index in [0.29, 0.717) is 26.1 Å². The largest absolute Gasteiger partial charge is 0.481 e. The lowest BCUT2D eigenvalue weighted by molar-refractivity contribution is -0.147. The predicted molar refractivity (Wildman–Crippen MR) is 128 cm³/mol. The molecule has 7 heteroatoms. The summed E-state index contributed by atoms with van der Waals surface area (Å²) < 4.78 is 21.8. The summed E-state index contributed by atoms with van der Waals surface area (Å²) in [5, 5.41) is 19.4. The van der Waals surface area contributed by atoms with E-state index in [1.165, 1.54) is 23.4 Å². The Labute approximate surface area is 196 Å². The fourth-order valence-electron chi connectivity index (χ4n) is 6.12. The number of benzene rings is 2. The van der Waals surface area contributed by atoms with Gasteiger partial charge in [-0.1, -0.05) is 0 Å². The number of nitrogens with one attached hydrogen (secondary N) is 1. The van der Waals surface area contributed by atoms with Gasteiger partial charge < -0.3 is 14.4 Å². The zero-order valence-corrected chi connectivity index (χ0v) is 19.2. The normalized spacial score (nSPS) is 23.8. The third-order valence-corrected chi connectivity index (χ3v) is 7.96. The van der Waals surface area contributed by atoms with Crippen LogP contribution in [0.3, 0.4) is 0 Å². The van der Waals surface area contributed by atoms with Gasteiger partial charge in [-0.25, -0.2) is 4.39 Å². The molecule has 4 aromatic rings. The standard InChI is InChI=1S/C27H28FN3O3/c1-27(26(32)33)9-6-17(14-27)24-21-13-22-18(15-29-30-22)12-23(21)31(20-4-2-19(28)3-5-20)25(24)16-7-10-34-11-8-16/h2-5,12-13,15-17H,6-11,14H2,1H3,(H,29,30)(H,32,33)/t17-,27-/m1/s1. The van der Waals surface area contributed by atoms with Gasteiger partial charge in [-0.3, -0.25) is 9.89 Å². The van der Waals surface area contributed by atoms with Crippen molar-refractivity contribution < 1.29 is 19.0 Å². The third-order valence-electron chi connectivity index (χ3n) is 7.96. The van der Waals surface area contributed by atoms with E-state index in [-0.39, 0.29) is 17.7 Å². The second-order valence-corrected chi connectivity index (χ2v) is 10.1. The van der Waals surface area contributed by atoms with E-state index in [1.54, 1.807) is 0 Å². The second-order valence-electron chi connectivity index (χ2n) is 10.1. The van der Waals surface area contributed by atoms with Crippen molar-refractivity contribution in [3.63, 3.8) is 0 Å². The molecular weight excluding hydrogens is 433 g/mol. The Hall–Kier alpha value is -3.19. The highest BCUT2D eigenvalue weighted by atomic mass is 19.1. The van der Waals surface area contributed by atoms with Crippen LogP contribution in [0.2, 0.25) is 0 Å². The number of nitrogens with zero attached hydrogens (tertiary/aromatic N) is 2. The van der Waals surface area contributed by atoms with Gasteiger partial charge in [0.1, 0.15) is 5.82 Å². The smallest absolute Gasteiger partial charge is 0.309 e. The molecule has 34 heavy (non-hydrogen) atoms. The molecule has 6 rings (SSSR count). The molecule has 0 bridgehead atoms. The maximum Gasteiger partial charge on any atom is 0.309 e. The molecule has 2 aromatic carbocycles. The molecule has 2 fully saturated rings. The van der Waals surface area contributed by atoms with Crippen molar-refractivity contribution in [2.75, 3.05) is 13.2 Å².